The van der Waals surface area contributed by atoms with Crippen LogP contribution in [0.2, 0.25) is 0 Å². The molecule has 0 amide bonds. The van der Waals surface area contributed by atoms with Gasteiger partial charge >= 0.3 is 0 Å². The number of hydrogen-bond acceptors (Lipinski definition) is 4. The van der Waals surface area contributed by atoms with E-state index in [4.69, 9.17) is 14.4 Å². The Labute approximate surface area is 233 Å². The van der Waals surface area contributed by atoms with Crippen LogP contribution in [-0.2, 0) is 0 Å². The molecule has 0 atom stereocenters. The van der Waals surface area contributed by atoms with E-state index in [9.17, 15) is 0 Å². The zero-order chi connectivity index (χ0) is 26.2. The van der Waals surface area contributed by atoms with Crippen molar-refractivity contribution in [1.82, 2.24) is 9.97 Å². The summed E-state index contributed by atoms with van der Waals surface area (Å²) in [6.07, 6.45) is 0. The molecule has 40 heavy (non-hydrogen) atoms. The van der Waals surface area contributed by atoms with Crippen LogP contribution in [0.15, 0.2) is 126 Å². The second-order valence-corrected chi connectivity index (χ2v) is 11.3. The van der Waals surface area contributed by atoms with Crippen LogP contribution in [0.25, 0.3) is 86.4 Å². The molecule has 0 spiro atoms. The highest BCUT2D eigenvalue weighted by atomic mass is 32.1. The Morgan fingerprint density at radius 2 is 1.35 bits per heavy atom. The Hall–Kier alpha value is -5.06. The Morgan fingerprint density at radius 1 is 0.550 bits per heavy atom. The van der Waals surface area contributed by atoms with Crippen molar-refractivity contribution >= 4 is 75.5 Å². The minimum Gasteiger partial charge on any atom is -0.436 e. The summed E-state index contributed by atoms with van der Waals surface area (Å²) in [6, 6.07) is 42.8. The van der Waals surface area contributed by atoms with Gasteiger partial charge in [-0.15, -0.1) is 11.3 Å². The summed E-state index contributed by atoms with van der Waals surface area (Å²) in [5.41, 5.74) is 8.62. The zero-order valence-corrected chi connectivity index (χ0v) is 22.1. The van der Waals surface area contributed by atoms with Crippen LogP contribution >= 0.6 is 11.3 Å². The summed E-state index contributed by atoms with van der Waals surface area (Å²) in [4.78, 5) is 9.94. The van der Waals surface area contributed by atoms with Crippen molar-refractivity contribution in [3.8, 4) is 22.3 Å². The third-order valence-corrected chi connectivity index (χ3v) is 9.10. The van der Waals surface area contributed by atoms with E-state index < -0.39 is 0 Å². The van der Waals surface area contributed by atoms with Crippen molar-refractivity contribution in [2.75, 3.05) is 0 Å². The van der Waals surface area contributed by atoms with Crippen molar-refractivity contribution in [2.24, 2.45) is 0 Å². The molecule has 0 bridgehead atoms. The van der Waals surface area contributed by atoms with Gasteiger partial charge in [0.15, 0.2) is 0 Å². The van der Waals surface area contributed by atoms with Gasteiger partial charge in [-0.25, -0.2) is 9.97 Å². The number of nitrogens with zero attached hydrogens (tertiary/aromatic N) is 2. The van der Waals surface area contributed by atoms with E-state index in [-0.39, 0.29) is 0 Å². The molecule has 0 radical (unpaired) electrons. The number of rotatable bonds is 2. The van der Waals surface area contributed by atoms with E-state index in [2.05, 4.69) is 109 Å². The van der Waals surface area contributed by atoms with E-state index in [1.807, 2.05) is 23.5 Å². The lowest BCUT2D eigenvalue weighted by Crippen LogP contribution is -1.87. The first kappa shape index (κ1) is 21.8. The SMILES string of the molecule is c1cc(-c2ccc3nc4oc5ccc6ccccc6c5c4nc3c2)cc(-c2cccc3c2sc2ccccc23)c1. The molecule has 0 aliphatic carbocycles. The second-order valence-electron chi connectivity index (χ2n) is 10.2. The second kappa shape index (κ2) is 8.22. The molecule has 4 heteroatoms. The molecule has 0 fully saturated rings. The smallest absolute Gasteiger partial charge is 0.246 e. The Kier molecular flexibility index (Phi) is 4.48. The molecule has 3 aromatic heterocycles. The number of thiophene rings is 1. The van der Waals surface area contributed by atoms with Crippen molar-refractivity contribution < 1.29 is 4.42 Å². The van der Waals surface area contributed by atoms with E-state index in [0.717, 1.165) is 44.0 Å². The molecule has 6 aromatic carbocycles. The minimum atomic E-state index is 0.574. The van der Waals surface area contributed by atoms with Crippen LogP contribution in [0.1, 0.15) is 0 Å². The van der Waals surface area contributed by atoms with Crippen LogP contribution < -0.4 is 0 Å². The number of benzene rings is 6. The molecular weight excluding hydrogens is 508 g/mol. The first-order valence-electron chi connectivity index (χ1n) is 13.3. The van der Waals surface area contributed by atoms with E-state index in [1.165, 1.54) is 36.7 Å². The van der Waals surface area contributed by atoms with Gasteiger partial charge in [0.1, 0.15) is 11.1 Å². The van der Waals surface area contributed by atoms with Crippen molar-refractivity contribution in [1.29, 1.82) is 0 Å². The van der Waals surface area contributed by atoms with Crippen molar-refractivity contribution in [3.63, 3.8) is 0 Å². The van der Waals surface area contributed by atoms with Gasteiger partial charge in [-0.3, -0.25) is 0 Å². The Morgan fingerprint density at radius 3 is 2.33 bits per heavy atom. The molecule has 0 saturated heterocycles. The van der Waals surface area contributed by atoms with E-state index in [0.29, 0.717) is 5.71 Å². The standard InChI is InChI=1S/C36H20N2OS/c1-2-10-25-21(7-1)16-18-31-33(25)34-36(39-31)38-29-17-15-23(20-30(29)37-34)22-8-5-9-24(19-22)26-12-6-13-28-27-11-3-4-14-32(27)40-35(26)28/h1-20H. The van der Waals surface area contributed by atoms with Gasteiger partial charge in [0.25, 0.3) is 0 Å². The van der Waals surface area contributed by atoms with Crippen molar-refractivity contribution in [3.05, 3.63) is 121 Å². The fraction of sp³-hybridized carbons (Fsp3) is 0. The van der Waals surface area contributed by atoms with Gasteiger partial charge in [-0.1, -0.05) is 91.0 Å². The monoisotopic (exact) mass is 528 g/mol. The quantitative estimate of drug-likeness (QED) is 0.224. The van der Waals surface area contributed by atoms with Crippen LogP contribution in [0.3, 0.4) is 0 Å². The van der Waals surface area contributed by atoms with E-state index in [1.54, 1.807) is 0 Å². The number of furan rings is 1. The molecule has 0 unspecified atom stereocenters. The molecule has 9 rings (SSSR count). The summed E-state index contributed by atoms with van der Waals surface area (Å²) < 4.78 is 8.78. The molecule has 0 N–H and O–H groups in total. The summed E-state index contributed by atoms with van der Waals surface area (Å²) in [5.74, 6) is 0. The lowest BCUT2D eigenvalue weighted by atomic mass is 9.97. The Balaban J connectivity index is 1.21. The average molecular weight is 529 g/mol. The topological polar surface area (TPSA) is 38.9 Å². The fourth-order valence-corrected chi connectivity index (χ4v) is 7.22. The number of aromatic nitrogens is 2. The highest BCUT2D eigenvalue weighted by molar-refractivity contribution is 7.26. The van der Waals surface area contributed by atoms with Gasteiger partial charge in [-0.05, 0) is 63.4 Å². The summed E-state index contributed by atoms with van der Waals surface area (Å²) in [5, 5.41) is 5.95. The van der Waals surface area contributed by atoms with Gasteiger partial charge < -0.3 is 4.42 Å². The molecule has 0 aliphatic heterocycles. The summed E-state index contributed by atoms with van der Waals surface area (Å²) in [7, 11) is 0. The fourth-order valence-electron chi connectivity index (χ4n) is 5.98. The molecule has 0 aliphatic rings. The first-order valence-corrected chi connectivity index (χ1v) is 14.1. The number of hydrogen-bond donors (Lipinski definition) is 0. The molecule has 3 nitrogen and oxygen atoms in total. The summed E-state index contributed by atoms with van der Waals surface area (Å²) in [6.45, 7) is 0. The molecule has 3 heterocycles. The maximum absolute atomic E-state index is 6.13. The number of fused-ring (bicyclic) bond motifs is 9. The summed E-state index contributed by atoms with van der Waals surface area (Å²) >= 11 is 1.86. The molecule has 186 valence electrons. The van der Waals surface area contributed by atoms with Gasteiger partial charge in [-0.2, -0.15) is 0 Å². The average Bonchev–Trinajstić information content (AvgIpc) is 3.58. The van der Waals surface area contributed by atoms with Crippen LogP contribution in [0, 0.1) is 0 Å². The van der Waals surface area contributed by atoms with Crippen LogP contribution in [0.5, 0.6) is 0 Å². The third kappa shape index (κ3) is 3.17. The third-order valence-electron chi connectivity index (χ3n) is 7.88. The minimum absolute atomic E-state index is 0.574. The van der Waals surface area contributed by atoms with Gasteiger partial charge in [0.05, 0.1) is 16.4 Å². The first-order chi connectivity index (χ1) is 19.8. The maximum atomic E-state index is 6.13. The predicted octanol–water partition coefficient (Wildman–Crippen LogP) is 10.4. The van der Waals surface area contributed by atoms with Gasteiger partial charge in [0.2, 0.25) is 5.71 Å². The van der Waals surface area contributed by atoms with Crippen LogP contribution in [-0.4, -0.2) is 9.97 Å². The lowest BCUT2D eigenvalue weighted by molar-refractivity contribution is 0.655. The Bertz CT molecular complexity index is 2450. The lowest BCUT2D eigenvalue weighted by Gasteiger charge is -2.08. The van der Waals surface area contributed by atoms with Crippen LogP contribution in [0.4, 0.5) is 0 Å². The van der Waals surface area contributed by atoms with E-state index >= 15 is 0 Å². The van der Waals surface area contributed by atoms with Crippen molar-refractivity contribution in [2.45, 2.75) is 0 Å². The predicted molar refractivity (Wildman–Crippen MR) is 168 cm³/mol. The largest absolute Gasteiger partial charge is 0.436 e. The molecular formula is C36H20N2OS. The highest BCUT2D eigenvalue weighted by Crippen LogP contribution is 2.41. The zero-order valence-electron chi connectivity index (χ0n) is 21.3. The highest BCUT2D eigenvalue weighted by Gasteiger charge is 2.15. The normalized spacial score (nSPS) is 12.0. The maximum Gasteiger partial charge on any atom is 0.246 e. The molecule has 0 saturated carbocycles. The van der Waals surface area contributed by atoms with Gasteiger partial charge in [0, 0.05) is 20.2 Å². The molecule has 9 aromatic rings.